The maximum absolute atomic E-state index is 2.42. The minimum atomic E-state index is -0.651. The molecule has 0 fully saturated rings. The molecule has 0 aliphatic heterocycles. The van der Waals surface area contributed by atoms with E-state index in [1.807, 2.05) is 0 Å². The Hall–Kier alpha value is 1.19. The molecule has 0 saturated carbocycles. The van der Waals surface area contributed by atoms with Crippen molar-refractivity contribution in [3.8, 4) is 0 Å². The van der Waals surface area contributed by atoms with Crippen LogP contribution >= 0.6 is 0 Å². The van der Waals surface area contributed by atoms with Crippen molar-refractivity contribution in [3.05, 3.63) is 48.5 Å². The summed E-state index contributed by atoms with van der Waals surface area (Å²) >= 11 is -2.60. The van der Waals surface area contributed by atoms with E-state index in [1.165, 1.54) is 0 Å². The topological polar surface area (TPSA) is 0 Å². The van der Waals surface area contributed by atoms with Gasteiger partial charge in [0.05, 0.1) is 0 Å². The van der Waals surface area contributed by atoms with Crippen LogP contribution in [0.5, 0.6) is 0 Å². The molecule has 0 aliphatic rings. The van der Waals surface area contributed by atoms with Crippen molar-refractivity contribution >= 4 is 76.0 Å². The second-order valence-electron chi connectivity index (χ2n) is 6.56. The van der Waals surface area contributed by atoms with Crippen molar-refractivity contribution in [2.45, 2.75) is 45.7 Å². The molecule has 5 heteroatoms. The van der Waals surface area contributed by atoms with Crippen molar-refractivity contribution in [2.24, 2.45) is 0 Å². The smallest absolute Gasteiger partial charge is 1.00 e. The SMILES string of the molecule is C[As](C)c1ccccc1[As](C)C.C[As](C)c1ccccc1[As](C)C.[Cu+]. The van der Waals surface area contributed by atoms with E-state index in [2.05, 4.69) is 94.2 Å². The van der Waals surface area contributed by atoms with E-state index in [-0.39, 0.29) is 17.1 Å². The summed E-state index contributed by atoms with van der Waals surface area (Å²) in [5, 5.41) is 0. The standard InChI is InChI=1S/2C10H16As2.Cu/c2*1-11(2)9-7-5-6-8-10(9)12(3)4;/h2*5-8H,1-4H3;/q;;+1. The van der Waals surface area contributed by atoms with Crippen LogP contribution in [0.2, 0.25) is 45.7 Å². The fraction of sp³-hybridized carbons (Fsp3) is 0.400. The summed E-state index contributed by atoms with van der Waals surface area (Å²) in [6, 6.07) is 18.1. The molecule has 0 aromatic heterocycles. The van der Waals surface area contributed by atoms with Gasteiger partial charge in [0.25, 0.3) is 0 Å². The van der Waals surface area contributed by atoms with Gasteiger partial charge in [-0.15, -0.1) is 0 Å². The van der Waals surface area contributed by atoms with Gasteiger partial charge in [-0.3, -0.25) is 0 Å². The van der Waals surface area contributed by atoms with E-state index in [1.54, 1.807) is 17.4 Å². The molecule has 0 spiro atoms. The average Bonchev–Trinajstić information content (AvgIpc) is 2.55. The van der Waals surface area contributed by atoms with Gasteiger partial charge in [-0.05, 0) is 0 Å². The van der Waals surface area contributed by atoms with Gasteiger partial charge in [-0.25, -0.2) is 0 Å². The van der Waals surface area contributed by atoms with E-state index < -0.39 is 58.6 Å². The van der Waals surface area contributed by atoms with Crippen LogP contribution in [0.3, 0.4) is 0 Å². The molecule has 2 aromatic rings. The second-order valence-corrected chi connectivity index (χ2v) is 25.6. The molecule has 25 heavy (non-hydrogen) atoms. The summed E-state index contributed by atoms with van der Waals surface area (Å²) < 4.78 is 6.81. The van der Waals surface area contributed by atoms with E-state index in [0.29, 0.717) is 0 Å². The van der Waals surface area contributed by atoms with Crippen molar-refractivity contribution in [1.82, 2.24) is 0 Å². The van der Waals surface area contributed by atoms with Crippen LogP contribution in [0.25, 0.3) is 0 Å². The Kier molecular flexibility index (Phi) is 14.0. The summed E-state index contributed by atoms with van der Waals surface area (Å²) in [6.45, 7) is 0. The monoisotopic (exact) mass is 635 g/mol. The summed E-state index contributed by atoms with van der Waals surface area (Å²) in [4.78, 5) is 0. The Morgan fingerprint density at radius 1 is 0.400 bits per heavy atom. The molecular weight excluding hydrogens is 603 g/mol. The van der Waals surface area contributed by atoms with E-state index >= 15 is 0 Å². The minimum Gasteiger partial charge on any atom is 1.00 e. The van der Waals surface area contributed by atoms with Gasteiger partial charge < -0.3 is 0 Å². The zero-order valence-corrected chi connectivity index (χ0v) is 25.2. The van der Waals surface area contributed by atoms with Crippen LogP contribution in [0.4, 0.5) is 0 Å². The summed E-state index contributed by atoms with van der Waals surface area (Å²) in [6.07, 6.45) is 0. The second kappa shape index (κ2) is 13.4. The Bertz CT molecular complexity index is 515. The third kappa shape index (κ3) is 8.82. The van der Waals surface area contributed by atoms with Crippen LogP contribution in [0.15, 0.2) is 48.5 Å². The van der Waals surface area contributed by atoms with Gasteiger partial charge in [-0.2, -0.15) is 0 Å². The van der Waals surface area contributed by atoms with E-state index in [4.69, 9.17) is 0 Å². The fourth-order valence-corrected chi connectivity index (χ4v) is 18.9. The van der Waals surface area contributed by atoms with Gasteiger partial charge in [-0.1, -0.05) is 0 Å². The fourth-order valence-electron chi connectivity index (χ4n) is 2.44. The van der Waals surface area contributed by atoms with Crippen LogP contribution < -0.4 is 17.4 Å². The Balaban J connectivity index is 0.000000443. The van der Waals surface area contributed by atoms with Crippen molar-refractivity contribution < 1.29 is 17.1 Å². The molecule has 0 nitrogen and oxygen atoms in total. The van der Waals surface area contributed by atoms with Crippen molar-refractivity contribution in [3.63, 3.8) is 0 Å². The first-order valence-corrected chi connectivity index (χ1v) is 26.9. The molecule has 0 heterocycles. The van der Waals surface area contributed by atoms with Crippen LogP contribution in [-0.2, 0) is 17.1 Å². The molecular formula is C20H32As4Cu+. The molecule has 0 bridgehead atoms. The summed E-state index contributed by atoms with van der Waals surface area (Å²) in [5.74, 6) is 0. The van der Waals surface area contributed by atoms with Crippen LogP contribution in [0, 0.1) is 0 Å². The summed E-state index contributed by atoms with van der Waals surface area (Å²) in [5.41, 5.74) is 19.4. The largest absolute Gasteiger partial charge is 1.00 e. The maximum Gasteiger partial charge on any atom is 1.00 e. The van der Waals surface area contributed by atoms with Gasteiger partial charge in [0.2, 0.25) is 0 Å². The van der Waals surface area contributed by atoms with Gasteiger partial charge in [0.1, 0.15) is 0 Å². The van der Waals surface area contributed by atoms with Crippen molar-refractivity contribution in [2.75, 3.05) is 0 Å². The van der Waals surface area contributed by atoms with Gasteiger partial charge in [0, 0.05) is 0 Å². The average molecular weight is 636 g/mol. The Morgan fingerprint density at radius 3 is 0.680 bits per heavy atom. The first-order valence-electron chi connectivity index (χ1n) is 8.13. The molecule has 0 amide bonds. The Labute approximate surface area is 185 Å². The summed E-state index contributed by atoms with van der Waals surface area (Å²) in [7, 11) is 0. The van der Waals surface area contributed by atoms with E-state index in [9.17, 15) is 0 Å². The number of hydrogen-bond acceptors (Lipinski definition) is 0. The number of rotatable bonds is 4. The first kappa shape index (κ1) is 26.2. The molecule has 142 valence electrons. The van der Waals surface area contributed by atoms with E-state index in [0.717, 1.165) is 0 Å². The molecule has 0 N–H and O–H groups in total. The quantitative estimate of drug-likeness (QED) is 0.453. The zero-order chi connectivity index (χ0) is 18.3. The number of benzene rings is 2. The molecule has 0 aliphatic carbocycles. The Morgan fingerprint density at radius 2 is 0.560 bits per heavy atom. The molecule has 2 aromatic carbocycles. The number of hydrogen-bond donors (Lipinski definition) is 0. The molecule has 0 radical (unpaired) electrons. The predicted octanol–water partition coefficient (Wildman–Crippen LogP) is 3.22. The third-order valence-electron chi connectivity index (χ3n) is 3.69. The van der Waals surface area contributed by atoms with Crippen molar-refractivity contribution in [1.29, 1.82) is 0 Å². The van der Waals surface area contributed by atoms with Gasteiger partial charge >= 0.3 is 187 Å². The zero-order valence-electron chi connectivity index (χ0n) is 16.7. The first-order chi connectivity index (χ1) is 11.3. The minimum absolute atomic E-state index is 0. The third-order valence-corrected chi connectivity index (χ3v) is 16.7. The normalized spacial score (nSPS) is 10.7. The van der Waals surface area contributed by atoms with Crippen LogP contribution in [-0.4, -0.2) is 58.6 Å². The predicted molar refractivity (Wildman–Crippen MR) is 121 cm³/mol. The molecule has 0 atom stereocenters. The van der Waals surface area contributed by atoms with Crippen LogP contribution in [0.1, 0.15) is 0 Å². The molecule has 2 rings (SSSR count). The molecule has 0 saturated heterocycles. The maximum atomic E-state index is 2.42. The van der Waals surface area contributed by atoms with Gasteiger partial charge in [0.15, 0.2) is 0 Å². The molecule has 0 unspecified atom stereocenters.